The maximum absolute atomic E-state index is 12.9. The molecule has 1 aromatic heterocycles. The molecule has 122 valence electrons. The Labute approximate surface area is 149 Å². The van der Waals surface area contributed by atoms with Crippen molar-refractivity contribution in [3.05, 3.63) is 70.7 Å². The highest BCUT2D eigenvalue weighted by atomic mass is 32.2. The molecule has 0 aliphatic heterocycles. The number of anilines is 1. The molecule has 0 aliphatic rings. The lowest BCUT2D eigenvalue weighted by Crippen LogP contribution is -2.19. The van der Waals surface area contributed by atoms with E-state index in [1.807, 2.05) is 56.3 Å². The number of nitrogens with zero attached hydrogens (tertiary/aromatic N) is 2. The fourth-order valence-electron chi connectivity index (χ4n) is 2.47. The van der Waals surface area contributed by atoms with Crippen LogP contribution in [-0.4, -0.2) is 16.1 Å². The Kier molecular flexibility index (Phi) is 5.27. The highest BCUT2D eigenvalue weighted by molar-refractivity contribution is 8.01. The molecule has 3 aromatic rings. The number of carbonyl (C=O) groups is 1. The fraction of sp³-hybridized carbons (Fsp3) is 0.167. The minimum Gasteiger partial charge on any atom is -0.325 e. The normalized spacial score (nSPS) is 11.9. The van der Waals surface area contributed by atoms with Crippen LogP contribution in [0.25, 0.3) is 0 Å². The summed E-state index contributed by atoms with van der Waals surface area (Å²) in [6, 6.07) is 15.8. The molecule has 0 spiro atoms. The zero-order valence-electron chi connectivity index (χ0n) is 13.4. The van der Waals surface area contributed by atoms with E-state index in [9.17, 15) is 4.79 Å². The first-order chi connectivity index (χ1) is 11.6. The van der Waals surface area contributed by atoms with Crippen molar-refractivity contribution < 1.29 is 4.79 Å². The predicted molar refractivity (Wildman–Crippen MR) is 99.5 cm³/mol. The van der Waals surface area contributed by atoms with Crippen molar-refractivity contribution in [2.75, 3.05) is 5.32 Å². The van der Waals surface area contributed by atoms with Crippen molar-refractivity contribution in [1.29, 1.82) is 0 Å². The highest BCUT2D eigenvalue weighted by Crippen LogP contribution is 2.36. The third-order valence-electron chi connectivity index (χ3n) is 3.39. The van der Waals surface area contributed by atoms with Crippen molar-refractivity contribution in [2.24, 2.45) is 0 Å². The molecule has 0 fully saturated rings. The van der Waals surface area contributed by atoms with Gasteiger partial charge in [0.15, 0.2) is 4.34 Å². The lowest BCUT2D eigenvalue weighted by atomic mass is 10.1. The highest BCUT2D eigenvalue weighted by Gasteiger charge is 2.23. The average molecular weight is 355 g/mol. The largest absolute Gasteiger partial charge is 0.325 e. The number of thioether (sulfide) groups is 1. The first kappa shape index (κ1) is 16.7. The van der Waals surface area contributed by atoms with Gasteiger partial charge in [-0.25, -0.2) is 0 Å². The van der Waals surface area contributed by atoms with Crippen LogP contribution in [0.3, 0.4) is 0 Å². The van der Waals surface area contributed by atoms with Crippen molar-refractivity contribution in [2.45, 2.75) is 23.4 Å². The van der Waals surface area contributed by atoms with Gasteiger partial charge in [-0.15, -0.1) is 10.2 Å². The van der Waals surface area contributed by atoms with Gasteiger partial charge in [0.1, 0.15) is 10.8 Å². The van der Waals surface area contributed by atoms with Gasteiger partial charge in [-0.1, -0.05) is 59.5 Å². The molecule has 0 bridgehead atoms. The maximum atomic E-state index is 12.9. The Hall–Kier alpha value is -2.18. The van der Waals surface area contributed by atoms with Crippen LogP contribution in [0.15, 0.2) is 58.4 Å². The molecule has 0 saturated heterocycles. The first-order valence-electron chi connectivity index (χ1n) is 7.49. The second-order valence-corrected chi connectivity index (χ2v) is 7.66. The van der Waals surface area contributed by atoms with E-state index in [0.29, 0.717) is 0 Å². The molecule has 1 unspecified atom stereocenters. The smallest absolute Gasteiger partial charge is 0.242 e. The van der Waals surface area contributed by atoms with Crippen molar-refractivity contribution in [3.63, 3.8) is 0 Å². The minimum atomic E-state index is -0.375. The second-order valence-electron chi connectivity index (χ2n) is 5.48. The monoisotopic (exact) mass is 355 g/mol. The number of hydrogen-bond acceptors (Lipinski definition) is 5. The molecule has 0 radical (unpaired) electrons. The molecular weight excluding hydrogens is 338 g/mol. The van der Waals surface area contributed by atoms with Gasteiger partial charge in [-0.2, -0.15) is 0 Å². The molecule has 2 aromatic carbocycles. The fourth-order valence-corrected chi connectivity index (χ4v) is 4.14. The van der Waals surface area contributed by atoms with Crippen LogP contribution in [-0.2, 0) is 4.79 Å². The van der Waals surface area contributed by atoms with E-state index in [1.54, 1.807) is 5.51 Å². The molecule has 6 heteroatoms. The number of aryl methyl sites for hydroxylation is 2. The van der Waals surface area contributed by atoms with Crippen LogP contribution in [0.5, 0.6) is 0 Å². The Morgan fingerprint density at radius 2 is 1.83 bits per heavy atom. The van der Waals surface area contributed by atoms with Gasteiger partial charge in [0.05, 0.1) is 0 Å². The van der Waals surface area contributed by atoms with Gasteiger partial charge >= 0.3 is 0 Å². The SMILES string of the molecule is Cc1cc(C)cc(NC(=O)C(Sc2nncs2)c2ccccc2)c1. The lowest BCUT2D eigenvalue weighted by Gasteiger charge is -2.16. The summed E-state index contributed by atoms with van der Waals surface area (Å²) >= 11 is 2.85. The quantitative estimate of drug-likeness (QED) is 0.678. The molecule has 1 heterocycles. The van der Waals surface area contributed by atoms with E-state index in [1.165, 1.54) is 23.1 Å². The molecule has 1 atom stereocenters. The predicted octanol–water partition coefficient (Wildman–Crippen LogP) is 4.63. The van der Waals surface area contributed by atoms with Crippen LogP contribution in [0.1, 0.15) is 21.9 Å². The molecule has 4 nitrogen and oxygen atoms in total. The minimum absolute atomic E-state index is 0.0635. The number of benzene rings is 2. The Morgan fingerprint density at radius 1 is 1.12 bits per heavy atom. The van der Waals surface area contributed by atoms with Gasteiger partial charge in [0.25, 0.3) is 0 Å². The summed E-state index contributed by atoms with van der Waals surface area (Å²) in [5, 5.41) is 10.6. The third-order valence-corrected chi connectivity index (χ3v) is 5.45. The van der Waals surface area contributed by atoms with Crippen LogP contribution >= 0.6 is 23.1 Å². The molecule has 3 rings (SSSR count). The maximum Gasteiger partial charge on any atom is 0.242 e. The van der Waals surface area contributed by atoms with E-state index in [0.717, 1.165) is 26.7 Å². The summed E-state index contributed by atoms with van der Waals surface area (Å²) in [7, 11) is 0. The number of amides is 1. The zero-order valence-corrected chi connectivity index (χ0v) is 15.0. The van der Waals surface area contributed by atoms with Gasteiger partial charge in [0.2, 0.25) is 5.91 Å². The van der Waals surface area contributed by atoms with Crippen LogP contribution in [0.2, 0.25) is 0 Å². The van der Waals surface area contributed by atoms with E-state index in [-0.39, 0.29) is 11.2 Å². The summed E-state index contributed by atoms with van der Waals surface area (Å²) in [4.78, 5) is 12.9. The van der Waals surface area contributed by atoms with Crippen molar-refractivity contribution >= 4 is 34.7 Å². The van der Waals surface area contributed by atoms with E-state index < -0.39 is 0 Å². The number of carbonyl (C=O) groups excluding carboxylic acids is 1. The van der Waals surface area contributed by atoms with Gasteiger partial charge in [-0.3, -0.25) is 4.79 Å². The van der Waals surface area contributed by atoms with Crippen LogP contribution < -0.4 is 5.32 Å². The average Bonchev–Trinajstić information content (AvgIpc) is 3.05. The molecule has 24 heavy (non-hydrogen) atoms. The van der Waals surface area contributed by atoms with Crippen LogP contribution in [0.4, 0.5) is 5.69 Å². The summed E-state index contributed by atoms with van der Waals surface area (Å²) in [5.74, 6) is -0.0635. The summed E-state index contributed by atoms with van der Waals surface area (Å²) < 4.78 is 0.777. The second kappa shape index (κ2) is 7.59. The van der Waals surface area contributed by atoms with E-state index in [4.69, 9.17) is 0 Å². The Balaban J connectivity index is 1.85. The molecular formula is C18H17N3OS2. The topological polar surface area (TPSA) is 54.9 Å². The number of hydrogen-bond donors (Lipinski definition) is 1. The van der Waals surface area contributed by atoms with Crippen molar-refractivity contribution in [1.82, 2.24) is 10.2 Å². The summed E-state index contributed by atoms with van der Waals surface area (Å²) in [5.41, 5.74) is 5.68. The Morgan fingerprint density at radius 3 is 2.46 bits per heavy atom. The number of rotatable bonds is 5. The van der Waals surface area contributed by atoms with Gasteiger partial charge < -0.3 is 5.32 Å². The van der Waals surface area contributed by atoms with E-state index in [2.05, 4.69) is 21.6 Å². The number of nitrogens with one attached hydrogen (secondary N) is 1. The van der Waals surface area contributed by atoms with Crippen molar-refractivity contribution in [3.8, 4) is 0 Å². The summed E-state index contributed by atoms with van der Waals surface area (Å²) in [6.45, 7) is 4.04. The van der Waals surface area contributed by atoms with Gasteiger partial charge in [-0.05, 0) is 42.7 Å². The molecule has 0 aliphatic carbocycles. The first-order valence-corrected chi connectivity index (χ1v) is 9.24. The lowest BCUT2D eigenvalue weighted by molar-refractivity contribution is -0.115. The standard InChI is InChI=1S/C18H17N3OS2/c1-12-8-13(2)10-15(9-12)20-17(22)16(14-6-4-3-5-7-14)24-18-21-19-11-23-18/h3-11,16H,1-2H3,(H,20,22). The number of aromatic nitrogens is 2. The van der Waals surface area contributed by atoms with E-state index >= 15 is 0 Å². The third kappa shape index (κ3) is 4.21. The van der Waals surface area contributed by atoms with Gasteiger partial charge in [0, 0.05) is 5.69 Å². The molecule has 1 amide bonds. The molecule has 0 saturated carbocycles. The molecule has 1 N–H and O–H groups in total. The van der Waals surface area contributed by atoms with Crippen LogP contribution in [0, 0.1) is 13.8 Å². The zero-order chi connectivity index (χ0) is 16.9. The Bertz CT molecular complexity index is 799. The summed E-state index contributed by atoms with van der Waals surface area (Å²) in [6.07, 6.45) is 0.